The Kier molecular flexibility index (Phi) is 5.22. The molecular formula is C18H21ClN2O3S. The van der Waals surface area contributed by atoms with Gasteiger partial charge in [-0.1, -0.05) is 18.2 Å². The number of halogens is 1. The van der Waals surface area contributed by atoms with Gasteiger partial charge in [-0.3, -0.25) is 0 Å². The number of fused-ring (bicyclic) bond motifs is 1. The van der Waals surface area contributed by atoms with E-state index in [4.69, 9.17) is 4.74 Å². The van der Waals surface area contributed by atoms with E-state index in [0.29, 0.717) is 35.4 Å². The SMILES string of the molecule is Cl.O=S1(=O)NCCN(CC2CC2)c2ccc(Oc3ccccc3)cc21. The van der Waals surface area contributed by atoms with Crippen molar-refractivity contribution in [3.8, 4) is 11.5 Å². The summed E-state index contributed by atoms with van der Waals surface area (Å²) in [7, 11) is -3.51. The Labute approximate surface area is 154 Å². The predicted octanol–water partition coefficient (Wildman–Crippen LogP) is 3.41. The van der Waals surface area contributed by atoms with Crippen molar-refractivity contribution in [1.82, 2.24) is 4.72 Å². The van der Waals surface area contributed by atoms with Crippen LogP contribution in [0.3, 0.4) is 0 Å². The highest BCUT2D eigenvalue weighted by atomic mass is 35.5. The van der Waals surface area contributed by atoms with Crippen LogP contribution in [0.25, 0.3) is 0 Å². The Morgan fingerprint density at radius 3 is 2.56 bits per heavy atom. The van der Waals surface area contributed by atoms with Crippen LogP contribution in [-0.4, -0.2) is 28.1 Å². The highest BCUT2D eigenvalue weighted by Crippen LogP contribution is 2.36. The zero-order chi connectivity index (χ0) is 16.6. The molecule has 5 nitrogen and oxygen atoms in total. The van der Waals surface area contributed by atoms with Crippen molar-refractivity contribution < 1.29 is 13.2 Å². The molecule has 2 aromatic carbocycles. The fraction of sp³-hybridized carbons (Fsp3) is 0.333. The van der Waals surface area contributed by atoms with E-state index in [1.54, 1.807) is 6.07 Å². The van der Waals surface area contributed by atoms with Gasteiger partial charge in [0.05, 0.1) is 5.69 Å². The second kappa shape index (κ2) is 7.23. The fourth-order valence-corrected chi connectivity index (χ4v) is 4.23. The van der Waals surface area contributed by atoms with Crippen molar-refractivity contribution in [3.63, 3.8) is 0 Å². The van der Waals surface area contributed by atoms with E-state index < -0.39 is 10.0 Å². The summed E-state index contributed by atoms with van der Waals surface area (Å²) in [6.45, 7) is 2.04. The molecule has 0 unspecified atom stereocenters. The highest BCUT2D eigenvalue weighted by Gasteiger charge is 2.30. The molecule has 4 rings (SSSR count). The summed E-state index contributed by atoms with van der Waals surface area (Å²) < 4.78 is 33.6. The number of anilines is 1. The van der Waals surface area contributed by atoms with Crippen molar-refractivity contribution >= 4 is 28.1 Å². The van der Waals surface area contributed by atoms with E-state index in [0.717, 1.165) is 12.2 Å². The molecule has 1 aliphatic heterocycles. The molecule has 0 atom stereocenters. The van der Waals surface area contributed by atoms with Crippen LogP contribution in [0.5, 0.6) is 11.5 Å². The number of benzene rings is 2. The minimum Gasteiger partial charge on any atom is -0.457 e. The largest absolute Gasteiger partial charge is 0.457 e. The molecule has 2 aromatic rings. The summed E-state index contributed by atoms with van der Waals surface area (Å²) in [4.78, 5) is 2.48. The van der Waals surface area contributed by atoms with Gasteiger partial charge in [-0.25, -0.2) is 13.1 Å². The lowest BCUT2D eigenvalue weighted by Crippen LogP contribution is -2.31. The molecule has 25 heavy (non-hydrogen) atoms. The van der Waals surface area contributed by atoms with Crippen LogP contribution in [0.2, 0.25) is 0 Å². The van der Waals surface area contributed by atoms with Gasteiger partial charge in [0.15, 0.2) is 0 Å². The molecule has 2 aliphatic rings. The van der Waals surface area contributed by atoms with Crippen molar-refractivity contribution in [2.24, 2.45) is 5.92 Å². The fourth-order valence-electron chi connectivity index (χ4n) is 2.97. The van der Waals surface area contributed by atoms with Gasteiger partial charge >= 0.3 is 0 Å². The maximum Gasteiger partial charge on any atom is 0.242 e. The molecule has 0 bridgehead atoms. The second-order valence-corrected chi connectivity index (χ2v) is 8.07. The first-order valence-corrected chi connectivity index (χ1v) is 9.72. The molecule has 1 heterocycles. The number of para-hydroxylation sites is 1. The second-order valence-electron chi connectivity index (χ2n) is 6.33. The lowest BCUT2D eigenvalue weighted by Gasteiger charge is -2.24. The number of nitrogens with zero attached hydrogens (tertiary/aromatic N) is 1. The zero-order valence-corrected chi connectivity index (χ0v) is 15.4. The molecule has 0 saturated heterocycles. The molecule has 1 fully saturated rings. The number of hydrogen-bond acceptors (Lipinski definition) is 4. The lowest BCUT2D eigenvalue weighted by atomic mass is 10.2. The van der Waals surface area contributed by atoms with E-state index in [1.807, 2.05) is 42.5 Å². The first-order valence-electron chi connectivity index (χ1n) is 8.23. The summed E-state index contributed by atoms with van der Waals surface area (Å²) >= 11 is 0. The van der Waals surface area contributed by atoms with Crippen LogP contribution in [0.4, 0.5) is 5.69 Å². The van der Waals surface area contributed by atoms with Gasteiger partial charge in [-0.15, -0.1) is 12.4 Å². The monoisotopic (exact) mass is 380 g/mol. The molecule has 0 spiro atoms. The normalized spacial score (nSPS) is 18.6. The molecule has 0 aromatic heterocycles. The molecule has 7 heteroatoms. The number of hydrogen-bond donors (Lipinski definition) is 1. The van der Waals surface area contributed by atoms with Gasteiger partial charge in [0.1, 0.15) is 16.4 Å². The summed E-state index contributed by atoms with van der Waals surface area (Å²) in [5.41, 5.74) is 0.771. The van der Waals surface area contributed by atoms with Crippen molar-refractivity contribution in [2.75, 3.05) is 24.5 Å². The molecule has 1 N–H and O–H groups in total. The summed E-state index contributed by atoms with van der Waals surface area (Å²) in [6, 6.07) is 14.7. The van der Waals surface area contributed by atoms with Crippen LogP contribution in [0, 0.1) is 5.92 Å². The first-order chi connectivity index (χ1) is 11.6. The third-order valence-corrected chi connectivity index (χ3v) is 5.88. The van der Waals surface area contributed by atoms with Crippen LogP contribution < -0.4 is 14.4 Å². The maximum absolute atomic E-state index is 12.6. The molecule has 1 aliphatic carbocycles. The van der Waals surface area contributed by atoms with Crippen molar-refractivity contribution in [3.05, 3.63) is 48.5 Å². The number of ether oxygens (including phenoxy) is 1. The van der Waals surface area contributed by atoms with E-state index in [-0.39, 0.29) is 12.4 Å². The van der Waals surface area contributed by atoms with Crippen LogP contribution in [0.1, 0.15) is 12.8 Å². The average molecular weight is 381 g/mol. The third-order valence-electron chi connectivity index (χ3n) is 4.39. The van der Waals surface area contributed by atoms with Crippen LogP contribution >= 0.6 is 12.4 Å². The van der Waals surface area contributed by atoms with Gasteiger partial charge in [-0.2, -0.15) is 0 Å². The predicted molar refractivity (Wildman–Crippen MR) is 100 cm³/mol. The maximum atomic E-state index is 12.6. The quantitative estimate of drug-likeness (QED) is 0.883. The van der Waals surface area contributed by atoms with Crippen molar-refractivity contribution in [1.29, 1.82) is 0 Å². The van der Waals surface area contributed by atoms with Crippen molar-refractivity contribution in [2.45, 2.75) is 17.7 Å². The number of nitrogens with one attached hydrogen (secondary N) is 1. The molecule has 0 amide bonds. The van der Waals surface area contributed by atoms with E-state index in [9.17, 15) is 8.42 Å². The summed E-state index contributed by atoms with van der Waals surface area (Å²) in [5, 5.41) is 0. The van der Waals surface area contributed by atoms with Gasteiger partial charge in [0.2, 0.25) is 10.0 Å². The van der Waals surface area contributed by atoms with Gasteiger partial charge in [0.25, 0.3) is 0 Å². The number of sulfonamides is 1. The van der Waals surface area contributed by atoms with Gasteiger partial charge in [0, 0.05) is 25.7 Å². The minimum atomic E-state index is -3.51. The molecule has 0 radical (unpaired) electrons. The van der Waals surface area contributed by atoms with E-state index >= 15 is 0 Å². The van der Waals surface area contributed by atoms with Crippen LogP contribution in [0.15, 0.2) is 53.4 Å². The third kappa shape index (κ3) is 4.08. The van der Waals surface area contributed by atoms with Gasteiger partial charge in [-0.05, 0) is 43.0 Å². The molecular weight excluding hydrogens is 360 g/mol. The zero-order valence-electron chi connectivity index (χ0n) is 13.7. The standard InChI is InChI=1S/C18H20N2O3S.ClH/c21-24(22)18-12-16(23-15-4-2-1-3-5-15)8-9-17(18)20(11-10-19-24)13-14-6-7-14;/h1-5,8-9,12,14,19H,6-7,10-11,13H2;1H. The van der Waals surface area contributed by atoms with E-state index in [2.05, 4.69) is 9.62 Å². The smallest absolute Gasteiger partial charge is 0.242 e. The van der Waals surface area contributed by atoms with Gasteiger partial charge < -0.3 is 9.64 Å². The Morgan fingerprint density at radius 2 is 1.84 bits per heavy atom. The Balaban J connectivity index is 0.00000182. The molecule has 1 saturated carbocycles. The molecule has 134 valence electrons. The number of rotatable bonds is 4. The van der Waals surface area contributed by atoms with E-state index in [1.165, 1.54) is 12.8 Å². The minimum absolute atomic E-state index is 0. The summed E-state index contributed by atoms with van der Waals surface area (Å²) in [6.07, 6.45) is 2.47. The Morgan fingerprint density at radius 1 is 1.08 bits per heavy atom. The lowest BCUT2D eigenvalue weighted by molar-refractivity contribution is 0.480. The van der Waals surface area contributed by atoms with Crippen LogP contribution in [-0.2, 0) is 10.0 Å². The Hall–Kier alpha value is -1.76. The summed E-state index contributed by atoms with van der Waals surface area (Å²) in [5.74, 6) is 1.91. The topological polar surface area (TPSA) is 58.6 Å². The Bertz CT molecular complexity index is 839. The average Bonchev–Trinajstić information content (AvgIpc) is 3.39. The highest BCUT2D eigenvalue weighted by molar-refractivity contribution is 7.89. The first kappa shape index (κ1) is 18.0.